The molecule has 260 valence electrons. The summed E-state index contributed by atoms with van der Waals surface area (Å²) in [6.45, 7) is 9.18. The number of piperazine rings is 1. The minimum absolute atomic E-state index is 0.000488. The van der Waals surface area contributed by atoms with Crippen molar-refractivity contribution >= 4 is 40.3 Å². The van der Waals surface area contributed by atoms with Crippen molar-refractivity contribution in [3.8, 4) is 11.1 Å². The number of amides is 1. The minimum atomic E-state index is -5.00. The van der Waals surface area contributed by atoms with Gasteiger partial charge in [-0.3, -0.25) is 14.5 Å². The van der Waals surface area contributed by atoms with Gasteiger partial charge in [0.2, 0.25) is 0 Å². The summed E-state index contributed by atoms with van der Waals surface area (Å²) in [6.07, 6.45) is -2.36. The number of halogens is 5. The summed E-state index contributed by atoms with van der Waals surface area (Å²) >= 11 is 1.05. The first-order valence-electron chi connectivity index (χ1n) is 15.7. The van der Waals surface area contributed by atoms with E-state index in [2.05, 4.69) is 9.97 Å². The molecule has 0 spiro atoms. The molecule has 2 aromatic carbocycles. The lowest BCUT2D eigenvalue weighted by Gasteiger charge is -2.45. The van der Waals surface area contributed by atoms with Crippen LogP contribution in [0.25, 0.3) is 22.0 Å². The number of thioether (sulfide) groups is 1. The van der Waals surface area contributed by atoms with Crippen molar-refractivity contribution in [3.05, 3.63) is 76.0 Å². The zero-order valence-electron chi connectivity index (χ0n) is 27.4. The van der Waals surface area contributed by atoms with Crippen LogP contribution < -0.4 is 16.3 Å². The molecule has 3 atom stereocenters. The lowest BCUT2D eigenvalue weighted by Crippen LogP contribution is -2.59. The fourth-order valence-electron chi connectivity index (χ4n) is 6.66. The predicted molar refractivity (Wildman–Crippen MR) is 178 cm³/mol. The Kier molecular flexibility index (Phi) is 8.78. The number of aromatic nitrogens is 3. The highest BCUT2D eigenvalue weighted by atomic mass is 32.2. The van der Waals surface area contributed by atoms with Crippen LogP contribution in [0.15, 0.2) is 52.4 Å². The van der Waals surface area contributed by atoms with Gasteiger partial charge in [-0.05, 0) is 64.4 Å². The summed E-state index contributed by atoms with van der Waals surface area (Å²) in [6, 6.07) is 4.80. The Balaban J connectivity index is 1.60. The quantitative estimate of drug-likeness (QED) is 0.179. The number of nitrogens with zero attached hydrogens (tertiary/aromatic N) is 5. The van der Waals surface area contributed by atoms with Crippen molar-refractivity contribution in [1.29, 1.82) is 0 Å². The van der Waals surface area contributed by atoms with Crippen molar-refractivity contribution in [2.24, 2.45) is 0 Å². The van der Waals surface area contributed by atoms with Crippen molar-refractivity contribution in [1.82, 2.24) is 19.4 Å². The van der Waals surface area contributed by atoms with Crippen molar-refractivity contribution in [2.45, 2.75) is 75.8 Å². The van der Waals surface area contributed by atoms with Gasteiger partial charge in [0.1, 0.15) is 23.1 Å². The van der Waals surface area contributed by atoms with Gasteiger partial charge in [-0.1, -0.05) is 0 Å². The average Bonchev–Trinajstić information content (AvgIpc) is 3.21. The fourth-order valence-corrected chi connectivity index (χ4v) is 8.04. The number of ether oxygens (including phenoxy) is 1. The maximum Gasteiger partial charge on any atom is 0.417 e. The molecule has 4 heterocycles. The van der Waals surface area contributed by atoms with Gasteiger partial charge in [-0.25, -0.2) is 18.4 Å². The van der Waals surface area contributed by atoms with Gasteiger partial charge in [0.05, 0.1) is 28.9 Å². The molecule has 0 saturated carbocycles. The van der Waals surface area contributed by atoms with Gasteiger partial charge >= 0.3 is 18.0 Å². The van der Waals surface area contributed by atoms with Gasteiger partial charge in [-0.2, -0.15) is 18.2 Å². The molecule has 9 nitrogen and oxygen atoms in total. The van der Waals surface area contributed by atoms with E-state index in [9.17, 15) is 14.0 Å². The van der Waals surface area contributed by atoms with E-state index < -0.39 is 69.7 Å². The monoisotopic (exact) mass is 702 g/mol. The first-order valence-corrected chi connectivity index (χ1v) is 16.7. The molecule has 1 fully saturated rings. The highest BCUT2D eigenvalue weighted by Crippen LogP contribution is 2.50. The van der Waals surface area contributed by atoms with Crippen molar-refractivity contribution < 1.29 is 31.5 Å². The Hall–Kier alpha value is -4.40. The lowest BCUT2D eigenvalue weighted by atomic mass is 9.95. The highest BCUT2D eigenvalue weighted by Gasteiger charge is 2.41. The third-order valence-corrected chi connectivity index (χ3v) is 9.95. The van der Waals surface area contributed by atoms with E-state index in [1.54, 1.807) is 68.9 Å². The lowest BCUT2D eigenvalue weighted by molar-refractivity contribution is -0.137. The van der Waals surface area contributed by atoms with Gasteiger partial charge in [0.25, 0.3) is 0 Å². The number of carbonyl (C=O) groups is 1. The predicted octanol–water partition coefficient (Wildman–Crippen LogP) is 7.06. The number of rotatable bonds is 3. The number of alkyl halides is 3. The van der Waals surface area contributed by atoms with Crippen LogP contribution in [0.2, 0.25) is 0 Å². The standard InChI is InChI=1S/C34H35F5N6O3S/c1-17-13-43(14-18(2)45(17)32(47)48-33(3,4)5)30-22-10-23(34(37,38)39)27(21-11-26(40)25(36)12-24(21)35)29-28(22)44(31(46)42-30)15-20(16-49-29)19-6-8-41-9-7-19/h6-12,17-18,20H,13-16,40H2,1-5H3/t17-,18+,20-/m0/s1. The van der Waals surface area contributed by atoms with E-state index in [0.29, 0.717) is 6.07 Å². The molecule has 1 amide bonds. The van der Waals surface area contributed by atoms with E-state index in [-0.39, 0.29) is 52.9 Å². The van der Waals surface area contributed by atoms with Crippen molar-refractivity contribution in [3.63, 3.8) is 0 Å². The Bertz CT molecular complexity index is 1990. The molecular formula is C34H35F5N6O3S. The largest absolute Gasteiger partial charge is 0.444 e. The maximum absolute atomic E-state index is 15.5. The third-order valence-electron chi connectivity index (χ3n) is 8.69. The maximum atomic E-state index is 15.5. The number of hydrogen-bond acceptors (Lipinski definition) is 8. The summed E-state index contributed by atoms with van der Waals surface area (Å²) in [4.78, 5) is 38.8. The number of anilines is 2. The Morgan fingerprint density at radius 3 is 2.27 bits per heavy atom. The third kappa shape index (κ3) is 6.52. The summed E-state index contributed by atoms with van der Waals surface area (Å²) < 4.78 is 82.0. The molecule has 4 aromatic rings. The second kappa shape index (κ2) is 12.5. The van der Waals surface area contributed by atoms with Gasteiger partial charge in [-0.15, -0.1) is 11.8 Å². The zero-order valence-corrected chi connectivity index (χ0v) is 28.3. The molecule has 2 aliphatic heterocycles. The van der Waals surface area contributed by atoms with Crippen LogP contribution in [0, 0.1) is 11.6 Å². The first-order chi connectivity index (χ1) is 22.9. The molecule has 2 aliphatic rings. The van der Waals surface area contributed by atoms with Gasteiger partial charge in [0.15, 0.2) is 0 Å². The normalized spacial score (nSPS) is 20.0. The van der Waals surface area contributed by atoms with Crippen LogP contribution in [-0.2, 0) is 17.5 Å². The fraction of sp³-hybridized carbons (Fsp3) is 0.412. The van der Waals surface area contributed by atoms with Crippen LogP contribution in [0.5, 0.6) is 0 Å². The summed E-state index contributed by atoms with van der Waals surface area (Å²) in [7, 11) is 0. The molecule has 0 bridgehead atoms. The number of benzene rings is 2. The van der Waals surface area contributed by atoms with Gasteiger partial charge < -0.3 is 15.4 Å². The van der Waals surface area contributed by atoms with Crippen LogP contribution in [0.3, 0.4) is 0 Å². The van der Waals surface area contributed by atoms with Gasteiger partial charge in [0, 0.05) is 71.2 Å². The number of nitrogen functional groups attached to an aromatic ring is 1. The van der Waals surface area contributed by atoms with Crippen LogP contribution in [-0.4, -0.2) is 62.1 Å². The number of carbonyl (C=O) groups excluding carboxylic acids is 1. The van der Waals surface area contributed by atoms with E-state index in [1.807, 2.05) is 0 Å². The Labute approximate surface area is 283 Å². The van der Waals surface area contributed by atoms with E-state index >= 15 is 17.6 Å². The number of pyridine rings is 1. The van der Waals surface area contributed by atoms with E-state index in [1.165, 1.54) is 4.57 Å². The molecule has 49 heavy (non-hydrogen) atoms. The molecule has 15 heteroatoms. The first kappa shape index (κ1) is 34.5. The second-order valence-corrected chi connectivity index (χ2v) is 14.5. The number of hydrogen-bond donors (Lipinski definition) is 1. The molecule has 1 saturated heterocycles. The van der Waals surface area contributed by atoms with Crippen LogP contribution in [0.4, 0.5) is 38.3 Å². The molecule has 6 rings (SSSR count). The summed E-state index contributed by atoms with van der Waals surface area (Å²) in [5.74, 6) is -2.45. The average molecular weight is 703 g/mol. The Morgan fingerprint density at radius 1 is 1.00 bits per heavy atom. The summed E-state index contributed by atoms with van der Waals surface area (Å²) in [5.41, 5.74) is 2.48. The van der Waals surface area contributed by atoms with E-state index in [0.717, 1.165) is 29.5 Å². The summed E-state index contributed by atoms with van der Waals surface area (Å²) in [5, 5.41) is 0.0363. The molecule has 0 aliphatic carbocycles. The molecule has 2 aromatic heterocycles. The molecule has 2 N–H and O–H groups in total. The van der Waals surface area contributed by atoms with E-state index in [4.69, 9.17) is 10.5 Å². The molecule has 0 unspecified atom stereocenters. The second-order valence-electron chi connectivity index (χ2n) is 13.5. The molecule has 0 radical (unpaired) electrons. The molecular weight excluding hydrogens is 667 g/mol. The highest BCUT2D eigenvalue weighted by molar-refractivity contribution is 7.99. The Morgan fingerprint density at radius 2 is 1.65 bits per heavy atom. The van der Waals surface area contributed by atoms with Crippen LogP contribution >= 0.6 is 11.8 Å². The van der Waals surface area contributed by atoms with Crippen molar-refractivity contribution in [2.75, 3.05) is 29.5 Å². The topological polar surface area (TPSA) is 107 Å². The van der Waals surface area contributed by atoms with Crippen LogP contribution in [0.1, 0.15) is 51.7 Å². The smallest absolute Gasteiger partial charge is 0.417 e. The minimum Gasteiger partial charge on any atom is -0.444 e. The SMILES string of the molecule is C[C@@H]1CN(c2nc(=O)n3c4c(c(-c5cc(N)c(F)cc5F)c(C(F)(F)F)cc24)SC[C@@H](c2ccncc2)C3)C[C@H](C)N1C(=O)OC(C)(C)C. The zero-order chi connectivity index (χ0) is 35.6. The number of nitrogens with two attached hydrogens (primary N) is 1.